The zero-order valence-electron chi connectivity index (χ0n) is 6.96. The van der Waals surface area contributed by atoms with Crippen LogP contribution in [-0.2, 0) is 4.79 Å². The van der Waals surface area contributed by atoms with E-state index in [1.807, 2.05) is 13.8 Å². The molecule has 0 saturated carbocycles. The average molecular weight is 163 g/mol. The molecule has 0 saturated heterocycles. The molecular weight excluding hydrogens is 154 g/mol. The lowest BCUT2D eigenvalue weighted by atomic mass is 10.0. The minimum Gasteiger partial charge on any atom is -0.293 e. The largest absolute Gasteiger partial charge is 0.293 e. The third-order valence-electron chi connectivity index (χ3n) is 1.94. The van der Waals surface area contributed by atoms with Gasteiger partial charge in [0.25, 0.3) is 0 Å². The molecule has 0 bridgehead atoms. The maximum Gasteiger partial charge on any atom is 0.187 e. The van der Waals surface area contributed by atoms with E-state index < -0.39 is 0 Å². The minimum atomic E-state index is -0.325. The van der Waals surface area contributed by atoms with Crippen molar-refractivity contribution in [1.82, 2.24) is 5.43 Å². The number of hydrogen-bond donors (Lipinski definition) is 1. The molecule has 0 aliphatic carbocycles. The van der Waals surface area contributed by atoms with Crippen molar-refractivity contribution in [2.75, 3.05) is 0 Å². The van der Waals surface area contributed by atoms with Gasteiger partial charge in [0.1, 0.15) is 0 Å². The molecule has 2 heterocycles. The normalized spacial score (nSPS) is 27.0. The number of fused-ring (bicyclic) bond motifs is 1. The molecule has 62 valence electrons. The standard InChI is InChI=1S/C8H9N3O/c1-4-3-6(12)8-7(9-4)5(2)10-11-8/h3,8,11H,1-2H3. The average Bonchev–Trinajstić information content (AvgIpc) is 2.33. The first-order chi connectivity index (χ1) is 5.68. The van der Waals surface area contributed by atoms with E-state index in [0.717, 1.165) is 17.1 Å². The number of nitrogens with zero attached hydrogens (tertiary/aromatic N) is 2. The molecule has 0 amide bonds. The second-order valence-electron chi connectivity index (χ2n) is 2.94. The van der Waals surface area contributed by atoms with Crippen LogP contribution in [0.2, 0.25) is 0 Å². The van der Waals surface area contributed by atoms with Gasteiger partial charge < -0.3 is 0 Å². The van der Waals surface area contributed by atoms with Crippen molar-refractivity contribution >= 4 is 17.2 Å². The van der Waals surface area contributed by atoms with E-state index >= 15 is 0 Å². The highest BCUT2D eigenvalue weighted by Crippen LogP contribution is 2.12. The van der Waals surface area contributed by atoms with Crippen LogP contribution < -0.4 is 5.43 Å². The third-order valence-corrected chi connectivity index (χ3v) is 1.94. The second-order valence-corrected chi connectivity index (χ2v) is 2.94. The van der Waals surface area contributed by atoms with E-state index in [2.05, 4.69) is 15.5 Å². The number of aliphatic imine (C=N–C) groups is 1. The van der Waals surface area contributed by atoms with Gasteiger partial charge in [0.15, 0.2) is 11.8 Å². The summed E-state index contributed by atoms with van der Waals surface area (Å²) in [6.45, 7) is 3.66. The van der Waals surface area contributed by atoms with Crippen LogP contribution in [0.25, 0.3) is 0 Å². The van der Waals surface area contributed by atoms with E-state index in [1.165, 1.54) is 6.08 Å². The maximum absolute atomic E-state index is 11.3. The number of hydrogen-bond acceptors (Lipinski definition) is 4. The van der Waals surface area contributed by atoms with Gasteiger partial charge in [0, 0.05) is 11.8 Å². The lowest BCUT2D eigenvalue weighted by molar-refractivity contribution is -0.115. The number of hydrazone groups is 1. The highest BCUT2D eigenvalue weighted by molar-refractivity contribution is 6.49. The summed E-state index contributed by atoms with van der Waals surface area (Å²) < 4.78 is 0. The Bertz CT molecular complexity index is 338. The molecule has 0 fully saturated rings. The first-order valence-corrected chi connectivity index (χ1v) is 3.79. The summed E-state index contributed by atoms with van der Waals surface area (Å²) in [5, 5.41) is 3.95. The molecule has 12 heavy (non-hydrogen) atoms. The SMILES string of the molecule is CC1=CC(=O)C2NN=C(C)C2=N1. The van der Waals surface area contributed by atoms with E-state index in [9.17, 15) is 4.79 Å². The van der Waals surface area contributed by atoms with Crippen molar-refractivity contribution in [2.24, 2.45) is 10.1 Å². The Balaban J connectivity index is 2.45. The maximum atomic E-state index is 11.3. The fourth-order valence-corrected chi connectivity index (χ4v) is 1.34. The van der Waals surface area contributed by atoms with Gasteiger partial charge in [-0.25, -0.2) is 0 Å². The van der Waals surface area contributed by atoms with Gasteiger partial charge in [0.2, 0.25) is 0 Å². The predicted octanol–water partition coefficient (Wildman–Crippen LogP) is 0.262. The molecule has 2 aliphatic rings. The Morgan fingerprint density at radius 3 is 3.00 bits per heavy atom. The quantitative estimate of drug-likeness (QED) is 0.557. The van der Waals surface area contributed by atoms with Gasteiger partial charge in [-0.2, -0.15) is 5.10 Å². The minimum absolute atomic E-state index is 0.0399. The second kappa shape index (κ2) is 2.27. The summed E-state index contributed by atoms with van der Waals surface area (Å²) in [6.07, 6.45) is 1.54. The summed E-state index contributed by atoms with van der Waals surface area (Å²) in [7, 11) is 0. The van der Waals surface area contributed by atoms with Crippen LogP contribution in [0.15, 0.2) is 21.9 Å². The third kappa shape index (κ3) is 0.879. The van der Waals surface area contributed by atoms with Crippen molar-refractivity contribution in [3.8, 4) is 0 Å². The number of carbonyl (C=O) groups is 1. The molecule has 1 unspecified atom stereocenters. The van der Waals surface area contributed by atoms with Crippen molar-refractivity contribution in [3.05, 3.63) is 11.8 Å². The van der Waals surface area contributed by atoms with Crippen LogP contribution in [0.5, 0.6) is 0 Å². The number of carbonyl (C=O) groups excluding carboxylic acids is 1. The highest BCUT2D eigenvalue weighted by atomic mass is 16.1. The molecule has 2 aliphatic heterocycles. The topological polar surface area (TPSA) is 53.8 Å². The van der Waals surface area contributed by atoms with Crippen molar-refractivity contribution < 1.29 is 4.79 Å². The molecule has 4 nitrogen and oxygen atoms in total. The summed E-state index contributed by atoms with van der Waals surface area (Å²) in [5.74, 6) is 0.0399. The van der Waals surface area contributed by atoms with Crippen LogP contribution in [0.3, 0.4) is 0 Å². The Morgan fingerprint density at radius 2 is 2.25 bits per heavy atom. The van der Waals surface area contributed by atoms with Crippen molar-refractivity contribution in [2.45, 2.75) is 19.9 Å². The molecule has 0 radical (unpaired) electrons. The van der Waals surface area contributed by atoms with E-state index in [-0.39, 0.29) is 11.8 Å². The first kappa shape index (κ1) is 7.21. The summed E-state index contributed by atoms with van der Waals surface area (Å²) in [6, 6.07) is -0.325. The fraction of sp³-hybridized carbons (Fsp3) is 0.375. The summed E-state index contributed by atoms with van der Waals surface area (Å²) in [4.78, 5) is 15.6. The zero-order chi connectivity index (χ0) is 8.72. The molecule has 0 spiro atoms. The number of rotatable bonds is 0. The van der Waals surface area contributed by atoms with Crippen LogP contribution in [0, 0.1) is 0 Å². The lowest BCUT2D eigenvalue weighted by Gasteiger charge is -2.12. The summed E-state index contributed by atoms with van der Waals surface area (Å²) >= 11 is 0. The highest BCUT2D eigenvalue weighted by Gasteiger charge is 2.31. The van der Waals surface area contributed by atoms with E-state index in [0.29, 0.717) is 0 Å². The zero-order valence-corrected chi connectivity index (χ0v) is 6.96. The van der Waals surface area contributed by atoms with E-state index in [1.54, 1.807) is 0 Å². The molecule has 0 aromatic rings. The van der Waals surface area contributed by atoms with Crippen molar-refractivity contribution in [1.29, 1.82) is 0 Å². The predicted molar refractivity (Wildman–Crippen MR) is 46.2 cm³/mol. The van der Waals surface area contributed by atoms with Crippen molar-refractivity contribution in [3.63, 3.8) is 0 Å². The van der Waals surface area contributed by atoms with Crippen LogP contribution in [-0.4, -0.2) is 23.2 Å². The Labute approximate surface area is 70.1 Å². The monoisotopic (exact) mass is 163 g/mol. The number of nitrogens with one attached hydrogen (secondary N) is 1. The van der Waals surface area contributed by atoms with Gasteiger partial charge in [-0.1, -0.05) is 0 Å². The summed E-state index contributed by atoms with van der Waals surface area (Å²) in [5.41, 5.74) is 5.07. The van der Waals surface area contributed by atoms with Gasteiger partial charge in [-0.05, 0) is 13.8 Å². The molecule has 1 N–H and O–H groups in total. The van der Waals surface area contributed by atoms with Crippen LogP contribution >= 0.6 is 0 Å². The molecular formula is C8H9N3O. The number of allylic oxidation sites excluding steroid dienone is 1. The molecule has 0 aromatic carbocycles. The van der Waals surface area contributed by atoms with Gasteiger partial charge in [0.05, 0.1) is 11.4 Å². The lowest BCUT2D eigenvalue weighted by Crippen LogP contribution is -2.38. The van der Waals surface area contributed by atoms with Crippen LogP contribution in [0.4, 0.5) is 0 Å². The van der Waals surface area contributed by atoms with Gasteiger partial charge >= 0.3 is 0 Å². The molecule has 0 aromatic heterocycles. The van der Waals surface area contributed by atoms with Gasteiger partial charge in [-0.15, -0.1) is 0 Å². The Morgan fingerprint density at radius 1 is 1.50 bits per heavy atom. The Kier molecular flexibility index (Phi) is 1.36. The molecule has 2 rings (SSSR count). The van der Waals surface area contributed by atoms with E-state index in [4.69, 9.17) is 0 Å². The first-order valence-electron chi connectivity index (χ1n) is 3.79. The number of ketones is 1. The fourth-order valence-electron chi connectivity index (χ4n) is 1.34. The van der Waals surface area contributed by atoms with Crippen LogP contribution in [0.1, 0.15) is 13.8 Å². The Hall–Kier alpha value is -1.45. The smallest absolute Gasteiger partial charge is 0.187 e. The molecule has 4 heteroatoms. The van der Waals surface area contributed by atoms with Gasteiger partial charge in [-0.3, -0.25) is 15.2 Å². The molecule has 1 atom stereocenters.